The molecule has 4 rings (SSSR count). The predicted molar refractivity (Wildman–Crippen MR) is 122 cm³/mol. The predicted octanol–water partition coefficient (Wildman–Crippen LogP) is 4.48. The number of anilines is 1. The second-order valence-corrected chi connectivity index (χ2v) is 9.75. The minimum Gasteiger partial charge on any atom is -0.454 e. The molecule has 166 valence electrons. The van der Waals surface area contributed by atoms with Crippen molar-refractivity contribution in [1.82, 2.24) is 5.32 Å². The molecule has 0 spiro atoms. The summed E-state index contributed by atoms with van der Waals surface area (Å²) >= 11 is 12.1. The number of carbonyl (C=O) groups excluding carboxylic acids is 1. The van der Waals surface area contributed by atoms with Crippen LogP contribution in [0.3, 0.4) is 0 Å². The number of fused-ring (bicyclic) bond motifs is 1. The van der Waals surface area contributed by atoms with E-state index in [2.05, 4.69) is 5.32 Å². The molecular formula is C22H18Cl2N2O5S. The molecule has 32 heavy (non-hydrogen) atoms. The highest BCUT2D eigenvalue weighted by atomic mass is 35.5. The highest BCUT2D eigenvalue weighted by molar-refractivity contribution is 7.93. The largest absolute Gasteiger partial charge is 0.454 e. The summed E-state index contributed by atoms with van der Waals surface area (Å²) in [4.78, 5) is 12.5. The number of benzene rings is 3. The summed E-state index contributed by atoms with van der Waals surface area (Å²) < 4.78 is 38.0. The lowest BCUT2D eigenvalue weighted by Crippen LogP contribution is -2.28. The molecule has 0 aliphatic carbocycles. The van der Waals surface area contributed by atoms with Crippen LogP contribution in [0, 0.1) is 0 Å². The molecular weight excluding hydrogens is 475 g/mol. The van der Waals surface area contributed by atoms with Crippen LogP contribution in [0.5, 0.6) is 11.5 Å². The summed E-state index contributed by atoms with van der Waals surface area (Å²) in [7, 11) is -2.61. The first-order valence-corrected chi connectivity index (χ1v) is 11.7. The molecule has 0 saturated heterocycles. The van der Waals surface area contributed by atoms with Gasteiger partial charge in [-0.2, -0.15) is 0 Å². The molecule has 1 aliphatic rings. The minimum absolute atomic E-state index is 0.0122. The molecule has 10 heteroatoms. The Morgan fingerprint density at radius 2 is 1.72 bits per heavy atom. The molecule has 0 fully saturated rings. The Hall–Kier alpha value is -2.94. The van der Waals surface area contributed by atoms with E-state index in [1.54, 1.807) is 36.4 Å². The molecule has 7 nitrogen and oxygen atoms in total. The maximum absolute atomic E-state index is 13.2. The summed E-state index contributed by atoms with van der Waals surface area (Å²) in [6.45, 7) is 0.391. The van der Waals surface area contributed by atoms with Gasteiger partial charge in [0.1, 0.15) is 4.90 Å². The molecule has 1 aliphatic heterocycles. The fourth-order valence-electron chi connectivity index (χ4n) is 3.11. The highest BCUT2D eigenvalue weighted by Crippen LogP contribution is 2.32. The Balaban J connectivity index is 1.53. The third-order valence-electron chi connectivity index (χ3n) is 4.91. The van der Waals surface area contributed by atoms with Crippen molar-refractivity contribution in [2.45, 2.75) is 11.4 Å². The van der Waals surface area contributed by atoms with Crippen LogP contribution in [0.2, 0.25) is 10.0 Å². The summed E-state index contributed by atoms with van der Waals surface area (Å²) in [6, 6.07) is 15.8. The Labute approximate surface area is 195 Å². The second kappa shape index (κ2) is 8.90. The Morgan fingerprint density at radius 1 is 1.00 bits per heavy atom. The number of carbonyl (C=O) groups is 1. The summed E-state index contributed by atoms with van der Waals surface area (Å²) in [5, 5.41) is 3.27. The van der Waals surface area contributed by atoms with Gasteiger partial charge >= 0.3 is 0 Å². The van der Waals surface area contributed by atoms with Gasteiger partial charge in [0.05, 0.1) is 10.7 Å². The average molecular weight is 493 g/mol. The van der Waals surface area contributed by atoms with Crippen LogP contribution >= 0.6 is 23.2 Å². The Kier molecular flexibility index (Phi) is 6.19. The number of sulfonamides is 1. The Morgan fingerprint density at radius 3 is 2.47 bits per heavy atom. The van der Waals surface area contributed by atoms with Crippen LogP contribution in [-0.2, 0) is 16.6 Å². The summed E-state index contributed by atoms with van der Waals surface area (Å²) in [5.74, 6) is 0.823. The number of amides is 1. The molecule has 0 bridgehead atoms. The normalized spacial score (nSPS) is 12.5. The van der Waals surface area contributed by atoms with Gasteiger partial charge in [0.25, 0.3) is 15.9 Å². The Bertz CT molecular complexity index is 1280. The van der Waals surface area contributed by atoms with Crippen LogP contribution in [0.15, 0.2) is 65.6 Å². The quantitative estimate of drug-likeness (QED) is 0.548. The van der Waals surface area contributed by atoms with E-state index in [0.717, 1.165) is 9.87 Å². The van der Waals surface area contributed by atoms with Crippen molar-refractivity contribution in [3.63, 3.8) is 0 Å². The number of hydrogen-bond acceptors (Lipinski definition) is 5. The molecule has 0 aromatic heterocycles. The van der Waals surface area contributed by atoms with Gasteiger partial charge in [-0.3, -0.25) is 9.10 Å². The molecule has 1 amide bonds. The summed E-state index contributed by atoms with van der Waals surface area (Å²) in [6.07, 6.45) is 0. The van der Waals surface area contributed by atoms with Gasteiger partial charge in [-0.25, -0.2) is 8.42 Å². The summed E-state index contributed by atoms with van der Waals surface area (Å²) in [5.41, 5.74) is 1.38. The van der Waals surface area contributed by atoms with E-state index in [-0.39, 0.29) is 28.8 Å². The topological polar surface area (TPSA) is 84.9 Å². The molecule has 0 saturated carbocycles. The zero-order valence-corrected chi connectivity index (χ0v) is 19.2. The number of nitrogens with zero attached hydrogens (tertiary/aromatic N) is 1. The molecule has 3 aromatic carbocycles. The van der Waals surface area contributed by atoms with Gasteiger partial charge in [-0.1, -0.05) is 29.3 Å². The van der Waals surface area contributed by atoms with Crippen molar-refractivity contribution in [3.05, 3.63) is 81.8 Å². The van der Waals surface area contributed by atoms with E-state index in [4.69, 9.17) is 32.7 Å². The van der Waals surface area contributed by atoms with Crippen LogP contribution in [-0.4, -0.2) is 28.2 Å². The van der Waals surface area contributed by atoms with Crippen LogP contribution in [0.4, 0.5) is 5.69 Å². The molecule has 0 atom stereocenters. The van der Waals surface area contributed by atoms with Crippen molar-refractivity contribution < 1.29 is 22.7 Å². The molecule has 1 N–H and O–H groups in total. The van der Waals surface area contributed by atoms with E-state index in [0.29, 0.717) is 22.2 Å². The molecule has 1 heterocycles. The van der Waals surface area contributed by atoms with E-state index in [1.807, 2.05) is 6.07 Å². The fourth-order valence-corrected chi connectivity index (χ4v) is 4.94. The van der Waals surface area contributed by atoms with Gasteiger partial charge in [-0.05, 0) is 60.2 Å². The van der Waals surface area contributed by atoms with E-state index in [1.165, 1.54) is 25.2 Å². The van der Waals surface area contributed by atoms with Gasteiger partial charge in [-0.15, -0.1) is 0 Å². The minimum atomic E-state index is -4.02. The zero-order chi connectivity index (χ0) is 22.9. The molecule has 0 radical (unpaired) electrons. The third kappa shape index (κ3) is 4.48. The first-order valence-electron chi connectivity index (χ1n) is 9.46. The fraction of sp³-hybridized carbons (Fsp3) is 0.136. The van der Waals surface area contributed by atoms with E-state index in [9.17, 15) is 13.2 Å². The van der Waals surface area contributed by atoms with E-state index >= 15 is 0 Å². The number of ether oxygens (including phenoxy) is 2. The zero-order valence-electron chi connectivity index (χ0n) is 16.8. The molecule has 0 unspecified atom stereocenters. The van der Waals surface area contributed by atoms with Crippen LogP contribution in [0.25, 0.3) is 0 Å². The first kappa shape index (κ1) is 22.3. The number of nitrogens with one attached hydrogen (secondary N) is 1. The van der Waals surface area contributed by atoms with Crippen molar-refractivity contribution in [3.8, 4) is 11.5 Å². The van der Waals surface area contributed by atoms with Gasteiger partial charge < -0.3 is 14.8 Å². The monoisotopic (exact) mass is 492 g/mol. The third-order valence-corrected chi connectivity index (χ3v) is 7.43. The second-order valence-electron chi connectivity index (χ2n) is 6.96. The maximum Gasteiger partial charge on any atom is 0.265 e. The van der Waals surface area contributed by atoms with Crippen molar-refractivity contribution in [2.24, 2.45) is 0 Å². The lowest BCUT2D eigenvalue weighted by molar-refractivity contribution is 0.0950. The van der Waals surface area contributed by atoms with Gasteiger partial charge in [0.2, 0.25) is 6.79 Å². The van der Waals surface area contributed by atoms with Crippen LogP contribution in [0.1, 0.15) is 15.9 Å². The SMILES string of the molecule is CN(c1ccc(Cl)cc1)S(=O)(=O)c1cc(C(=O)NCc2ccc3c(c2)OCO3)ccc1Cl. The van der Waals surface area contributed by atoms with Crippen molar-refractivity contribution in [1.29, 1.82) is 0 Å². The van der Waals surface area contributed by atoms with Crippen molar-refractivity contribution in [2.75, 3.05) is 18.1 Å². The molecule has 3 aromatic rings. The lowest BCUT2D eigenvalue weighted by Gasteiger charge is -2.20. The standard InChI is InChI=1S/C22H18Cl2N2O5S/c1-26(17-6-4-16(23)5-7-17)32(28,29)21-11-15(3-8-18(21)24)22(27)25-12-14-2-9-19-20(10-14)31-13-30-19/h2-11H,12-13H2,1H3,(H,25,27). The number of halogens is 2. The van der Waals surface area contributed by atoms with Gasteiger partial charge in [0.15, 0.2) is 11.5 Å². The average Bonchev–Trinajstić information content (AvgIpc) is 3.25. The van der Waals surface area contributed by atoms with Crippen LogP contribution < -0.4 is 19.1 Å². The highest BCUT2D eigenvalue weighted by Gasteiger charge is 2.25. The van der Waals surface area contributed by atoms with E-state index < -0.39 is 15.9 Å². The first-order chi connectivity index (χ1) is 15.3. The van der Waals surface area contributed by atoms with Crippen molar-refractivity contribution >= 4 is 44.8 Å². The smallest absolute Gasteiger partial charge is 0.265 e. The number of rotatable bonds is 6. The lowest BCUT2D eigenvalue weighted by atomic mass is 10.1. The maximum atomic E-state index is 13.2. The number of hydrogen-bond donors (Lipinski definition) is 1. The van der Waals surface area contributed by atoms with Gasteiger partial charge in [0, 0.05) is 24.2 Å².